The number of nitrogens with one attached hydrogen (secondary N) is 2. The second kappa shape index (κ2) is 7.94. The molecule has 6 heteroatoms. The maximum absolute atomic E-state index is 11.8. The predicted octanol–water partition coefficient (Wildman–Crippen LogP) is 4.52. The molecule has 0 atom stereocenters. The van der Waals surface area contributed by atoms with Gasteiger partial charge in [-0.3, -0.25) is 10.1 Å². The van der Waals surface area contributed by atoms with E-state index in [1.807, 2.05) is 12.1 Å². The molecular weight excluding hydrogens is 339 g/mol. The first kappa shape index (κ1) is 16.5. The van der Waals surface area contributed by atoms with Gasteiger partial charge in [-0.2, -0.15) is 0 Å². The molecule has 3 nitrogen and oxygen atoms in total. The Morgan fingerprint density at radius 1 is 1.05 bits per heavy atom. The van der Waals surface area contributed by atoms with Crippen LogP contribution in [0.4, 0.5) is 5.69 Å². The van der Waals surface area contributed by atoms with Crippen molar-refractivity contribution in [2.75, 3.05) is 5.32 Å². The molecule has 0 spiro atoms. The van der Waals surface area contributed by atoms with Crippen LogP contribution in [0.5, 0.6) is 0 Å². The SMILES string of the molecule is O=C(C=Cc1ccc(Cl)cc1)NC(=S)Nc1cccc(Cl)c1. The van der Waals surface area contributed by atoms with Gasteiger partial charge in [0.25, 0.3) is 0 Å². The third kappa shape index (κ3) is 5.48. The van der Waals surface area contributed by atoms with Gasteiger partial charge in [0.1, 0.15) is 0 Å². The van der Waals surface area contributed by atoms with Crippen LogP contribution >= 0.6 is 35.4 Å². The molecule has 0 aliphatic rings. The molecule has 0 aliphatic carbocycles. The minimum Gasteiger partial charge on any atom is -0.332 e. The summed E-state index contributed by atoms with van der Waals surface area (Å²) in [6, 6.07) is 14.2. The number of hydrogen-bond acceptors (Lipinski definition) is 2. The van der Waals surface area contributed by atoms with Gasteiger partial charge in [0, 0.05) is 21.8 Å². The molecule has 0 saturated carbocycles. The third-order valence-corrected chi connectivity index (χ3v) is 3.31. The van der Waals surface area contributed by atoms with Crippen molar-refractivity contribution in [2.24, 2.45) is 0 Å². The molecular formula is C16H12Cl2N2OS. The Hall–Kier alpha value is -1.88. The second-order valence-corrected chi connectivity index (χ2v) is 5.62. The molecule has 2 N–H and O–H groups in total. The van der Waals surface area contributed by atoms with Crippen molar-refractivity contribution in [2.45, 2.75) is 0 Å². The fourth-order valence-corrected chi connectivity index (χ4v) is 2.16. The van der Waals surface area contributed by atoms with Crippen LogP contribution in [0.25, 0.3) is 6.08 Å². The van der Waals surface area contributed by atoms with Crippen LogP contribution in [-0.2, 0) is 4.79 Å². The molecule has 0 saturated heterocycles. The summed E-state index contributed by atoms with van der Waals surface area (Å²) in [7, 11) is 0. The monoisotopic (exact) mass is 350 g/mol. The average molecular weight is 351 g/mol. The van der Waals surface area contributed by atoms with E-state index in [1.54, 1.807) is 42.5 Å². The van der Waals surface area contributed by atoms with E-state index in [2.05, 4.69) is 10.6 Å². The Balaban J connectivity index is 1.88. The van der Waals surface area contributed by atoms with Crippen LogP contribution in [0.3, 0.4) is 0 Å². The zero-order valence-corrected chi connectivity index (χ0v) is 13.7. The zero-order chi connectivity index (χ0) is 15.9. The average Bonchev–Trinajstić information content (AvgIpc) is 2.46. The van der Waals surface area contributed by atoms with E-state index >= 15 is 0 Å². The van der Waals surface area contributed by atoms with E-state index < -0.39 is 0 Å². The maximum atomic E-state index is 11.8. The van der Waals surface area contributed by atoms with Crippen LogP contribution < -0.4 is 10.6 Å². The summed E-state index contributed by atoms with van der Waals surface area (Å²) in [6.45, 7) is 0. The summed E-state index contributed by atoms with van der Waals surface area (Å²) >= 11 is 16.7. The van der Waals surface area contributed by atoms with Crippen molar-refractivity contribution in [1.29, 1.82) is 0 Å². The number of hydrogen-bond donors (Lipinski definition) is 2. The topological polar surface area (TPSA) is 41.1 Å². The zero-order valence-electron chi connectivity index (χ0n) is 11.3. The molecule has 22 heavy (non-hydrogen) atoms. The summed E-state index contributed by atoms with van der Waals surface area (Å²) in [5.41, 5.74) is 1.58. The predicted molar refractivity (Wildman–Crippen MR) is 96.3 cm³/mol. The van der Waals surface area contributed by atoms with Crippen molar-refractivity contribution in [1.82, 2.24) is 5.32 Å². The highest BCUT2D eigenvalue weighted by Crippen LogP contribution is 2.14. The molecule has 0 bridgehead atoms. The van der Waals surface area contributed by atoms with Gasteiger partial charge in [-0.1, -0.05) is 41.4 Å². The lowest BCUT2D eigenvalue weighted by Gasteiger charge is -2.08. The van der Waals surface area contributed by atoms with Gasteiger partial charge in [0.05, 0.1) is 0 Å². The van der Waals surface area contributed by atoms with Gasteiger partial charge in [0.2, 0.25) is 5.91 Å². The minimum absolute atomic E-state index is 0.202. The van der Waals surface area contributed by atoms with Gasteiger partial charge >= 0.3 is 0 Å². The summed E-state index contributed by atoms with van der Waals surface area (Å²) in [4.78, 5) is 11.8. The van der Waals surface area contributed by atoms with Gasteiger partial charge in [-0.25, -0.2) is 0 Å². The third-order valence-electron chi connectivity index (χ3n) is 2.62. The highest BCUT2D eigenvalue weighted by Gasteiger charge is 2.02. The molecule has 2 rings (SSSR count). The van der Waals surface area contributed by atoms with E-state index in [0.29, 0.717) is 15.7 Å². The number of thiocarbonyl (C=S) groups is 1. The van der Waals surface area contributed by atoms with Crippen LogP contribution in [0.2, 0.25) is 10.0 Å². The molecule has 0 aromatic heterocycles. The molecule has 0 fully saturated rings. The first-order chi connectivity index (χ1) is 10.5. The molecule has 0 radical (unpaired) electrons. The summed E-state index contributed by atoms with van der Waals surface area (Å²) in [6.07, 6.45) is 3.07. The van der Waals surface area contributed by atoms with Crippen molar-refractivity contribution in [3.63, 3.8) is 0 Å². The van der Waals surface area contributed by atoms with E-state index in [0.717, 1.165) is 5.56 Å². The summed E-state index contributed by atoms with van der Waals surface area (Å²) in [5.74, 6) is -0.325. The summed E-state index contributed by atoms with van der Waals surface area (Å²) < 4.78 is 0. The Morgan fingerprint density at radius 3 is 2.45 bits per heavy atom. The van der Waals surface area contributed by atoms with Crippen LogP contribution in [0.1, 0.15) is 5.56 Å². The number of carbonyl (C=O) groups is 1. The number of carbonyl (C=O) groups excluding carboxylic acids is 1. The van der Waals surface area contributed by atoms with Gasteiger partial charge < -0.3 is 5.32 Å². The standard InChI is InChI=1S/C16H12Cl2N2OS/c17-12-7-4-11(5-8-12)6-9-15(21)20-16(22)19-14-3-1-2-13(18)10-14/h1-10H,(H2,19,20,21,22). The lowest BCUT2D eigenvalue weighted by Crippen LogP contribution is -2.32. The second-order valence-electron chi connectivity index (χ2n) is 4.34. The van der Waals surface area contributed by atoms with Crippen molar-refractivity contribution >= 4 is 58.2 Å². The van der Waals surface area contributed by atoms with E-state index in [4.69, 9.17) is 35.4 Å². The number of benzene rings is 2. The largest absolute Gasteiger partial charge is 0.332 e. The molecule has 0 heterocycles. The van der Waals surface area contributed by atoms with Crippen LogP contribution in [0, 0.1) is 0 Å². The first-order valence-corrected chi connectivity index (χ1v) is 7.50. The number of amides is 1. The Morgan fingerprint density at radius 2 is 1.77 bits per heavy atom. The van der Waals surface area contributed by atoms with Gasteiger partial charge in [-0.05, 0) is 54.2 Å². The Labute approximate surface area is 143 Å². The van der Waals surface area contributed by atoms with Crippen molar-refractivity contribution in [3.8, 4) is 0 Å². The quantitative estimate of drug-likeness (QED) is 0.631. The number of anilines is 1. The highest BCUT2D eigenvalue weighted by molar-refractivity contribution is 7.80. The maximum Gasteiger partial charge on any atom is 0.250 e. The van der Waals surface area contributed by atoms with E-state index in [1.165, 1.54) is 6.08 Å². The molecule has 1 amide bonds. The molecule has 2 aromatic carbocycles. The molecule has 112 valence electrons. The summed E-state index contributed by atoms with van der Waals surface area (Å²) in [5, 5.41) is 6.87. The van der Waals surface area contributed by atoms with Crippen molar-refractivity contribution < 1.29 is 4.79 Å². The fourth-order valence-electron chi connectivity index (χ4n) is 1.63. The van der Waals surface area contributed by atoms with E-state index in [9.17, 15) is 4.79 Å². The van der Waals surface area contributed by atoms with Gasteiger partial charge in [-0.15, -0.1) is 0 Å². The Bertz CT molecular complexity index is 714. The molecule has 0 unspecified atom stereocenters. The number of halogens is 2. The lowest BCUT2D eigenvalue weighted by molar-refractivity contribution is -0.115. The first-order valence-electron chi connectivity index (χ1n) is 6.34. The smallest absolute Gasteiger partial charge is 0.250 e. The van der Waals surface area contributed by atoms with Crippen LogP contribution in [-0.4, -0.2) is 11.0 Å². The van der Waals surface area contributed by atoms with Gasteiger partial charge in [0.15, 0.2) is 5.11 Å². The fraction of sp³-hybridized carbons (Fsp3) is 0. The van der Waals surface area contributed by atoms with E-state index in [-0.39, 0.29) is 11.0 Å². The highest BCUT2D eigenvalue weighted by atomic mass is 35.5. The minimum atomic E-state index is -0.325. The molecule has 0 aliphatic heterocycles. The lowest BCUT2D eigenvalue weighted by atomic mass is 10.2. The van der Waals surface area contributed by atoms with Crippen LogP contribution in [0.15, 0.2) is 54.6 Å². The van der Waals surface area contributed by atoms with Crippen molar-refractivity contribution in [3.05, 3.63) is 70.2 Å². The number of rotatable bonds is 3. The normalized spacial score (nSPS) is 10.5. The Kier molecular flexibility index (Phi) is 5.95. The molecule has 2 aromatic rings.